The van der Waals surface area contributed by atoms with Crippen LogP contribution >= 0.6 is 11.8 Å². The third-order valence-electron chi connectivity index (χ3n) is 7.15. The number of carboxylic acid groups (broad SMARTS) is 1. The molecule has 6 nitrogen and oxygen atoms in total. The highest BCUT2D eigenvalue weighted by Crippen LogP contribution is 2.48. The first-order valence-electron chi connectivity index (χ1n) is 13.7. The number of hydrogen-bond acceptors (Lipinski definition) is 5. The first kappa shape index (κ1) is 26.5. The Morgan fingerprint density at radius 1 is 1.00 bits per heavy atom. The van der Waals surface area contributed by atoms with Crippen LogP contribution in [0, 0.1) is 11.3 Å². The Morgan fingerprint density at radius 3 is 2.61 bits per heavy atom. The first-order chi connectivity index (χ1) is 20.1. The number of fused-ring (bicyclic) bond motifs is 2. The van der Waals surface area contributed by atoms with Crippen LogP contribution in [-0.2, 0) is 4.79 Å². The van der Waals surface area contributed by atoms with Crippen molar-refractivity contribution in [2.45, 2.75) is 42.4 Å². The molecule has 0 aliphatic carbocycles. The number of furan rings is 1. The molecule has 0 radical (unpaired) electrons. The van der Waals surface area contributed by atoms with Crippen molar-refractivity contribution in [2.24, 2.45) is 0 Å². The average molecular weight is 561 g/mol. The van der Waals surface area contributed by atoms with Gasteiger partial charge in [0.1, 0.15) is 28.9 Å². The molecule has 7 heteroatoms. The normalized spacial score (nSPS) is 12.2. The van der Waals surface area contributed by atoms with Gasteiger partial charge in [-0.15, -0.1) is 0 Å². The third kappa shape index (κ3) is 5.27. The number of carbonyl (C=O) groups is 1. The van der Waals surface area contributed by atoms with Gasteiger partial charge in [-0.3, -0.25) is 0 Å². The third-order valence-corrected chi connectivity index (χ3v) is 8.25. The van der Waals surface area contributed by atoms with Crippen LogP contribution in [-0.4, -0.2) is 22.2 Å². The van der Waals surface area contributed by atoms with Gasteiger partial charge in [0.15, 0.2) is 0 Å². The molecule has 41 heavy (non-hydrogen) atoms. The summed E-state index contributed by atoms with van der Waals surface area (Å²) < 4.78 is 14.3. The molecule has 0 saturated carbocycles. The van der Waals surface area contributed by atoms with E-state index in [2.05, 4.69) is 60.0 Å². The molecule has 0 saturated heterocycles. The van der Waals surface area contributed by atoms with Gasteiger partial charge in [0.2, 0.25) is 0 Å². The van der Waals surface area contributed by atoms with Gasteiger partial charge in [0, 0.05) is 26.8 Å². The quantitative estimate of drug-likeness (QED) is 0.102. The second-order valence-corrected chi connectivity index (χ2v) is 11.0. The number of para-hydroxylation sites is 1. The molecule has 0 spiro atoms. The highest BCUT2D eigenvalue weighted by Gasteiger charge is 2.24. The molecule has 0 unspecified atom stereocenters. The number of hydrogen-bond donors (Lipinski definition) is 1. The Morgan fingerprint density at radius 2 is 1.83 bits per heavy atom. The number of unbranched alkanes of at least 4 members (excludes halogenated alkanes) is 3. The topological polar surface area (TPSA) is 88.4 Å². The van der Waals surface area contributed by atoms with Crippen molar-refractivity contribution in [1.29, 1.82) is 5.26 Å². The van der Waals surface area contributed by atoms with Gasteiger partial charge >= 0.3 is 5.97 Å². The molecular weight excluding hydrogens is 532 g/mol. The van der Waals surface area contributed by atoms with E-state index in [0.717, 1.165) is 62.0 Å². The van der Waals surface area contributed by atoms with Crippen LogP contribution < -0.4 is 4.74 Å². The summed E-state index contributed by atoms with van der Waals surface area (Å²) in [6.45, 7) is 2.94. The van der Waals surface area contributed by atoms with Crippen LogP contribution in [0.25, 0.3) is 45.2 Å². The molecule has 1 N–H and O–H groups in total. The molecule has 204 valence electrons. The Bertz CT molecular complexity index is 1820. The average Bonchev–Trinajstić information content (AvgIpc) is 3.62. The molecule has 0 atom stereocenters. The summed E-state index contributed by atoms with van der Waals surface area (Å²) in [7, 11) is 0. The van der Waals surface area contributed by atoms with E-state index < -0.39 is 5.97 Å². The van der Waals surface area contributed by atoms with E-state index in [0.29, 0.717) is 11.5 Å². The maximum atomic E-state index is 11.3. The largest absolute Gasteiger partial charge is 0.494 e. The van der Waals surface area contributed by atoms with Gasteiger partial charge in [0.25, 0.3) is 0 Å². The van der Waals surface area contributed by atoms with Crippen molar-refractivity contribution in [2.75, 3.05) is 6.61 Å². The molecule has 1 aliphatic rings. The number of rotatable bonds is 10. The minimum absolute atomic E-state index is 0.316. The SMILES string of the molecule is CCCCCCOc1ccc(-c2cc3cc(-c4ccc(/C=C(/C#N)C(=O)O)o4)cc4c3n2-c2ccccc2S4)cc1. The van der Waals surface area contributed by atoms with Crippen LogP contribution in [0.4, 0.5) is 0 Å². The monoisotopic (exact) mass is 560 g/mol. The molecule has 3 heterocycles. The van der Waals surface area contributed by atoms with E-state index in [-0.39, 0.29) is 5.57 Å². The number of carboxylic acids is 1. The zero-order valence-corrected chi connectivity index (χ0v) is 23.4. The number of ether oxygens (including phenoxy) is 1. The summed E-state index contributed by atoms with van der Waals surface area (Å²) >= 11 is 1.72. The second-order valence-electron chi connectivity index (χ2n) is 9.96. The van der Waals surface area contributed by atoms with Crippen molar-refractivity contribution in [1.82, 2.24) is 4.57 Å². The van der Waals surface area contributed by atoms with Gasteiger partial charge in [-0.25, -0.2) is 4.79 Å². The van der Waals surface area contributed by atoms with Crippen LogP contribution in [0.2, 0.25) is 0 Å². The molecule has 0 bridgehead atoms. The summed E-state index contributed by atoms with van der Waals surface area (Å²) in [4.78, 5) is 13.5. The fourth-order valence-corrected chi connectivity index (χ4v) is 6.29. The van der Waals surface area contributed by atoms with Crippen molar-refractivity contribution in [3.8, 4) is 40.1 Å². The lowest BCUT2D eigenvalue weighted by molar-refractivity contribution is -0.132. The molecule has 2 aromatic heterocycles. The molecular formula is C34H28N2O4S. The number of aliphatic carboxylic acids is 1. The fourth-order valence-electron chi connectivity index (χ4n) is 5.15. The van der Waals surface area contributed by atoms with Crippen LogP contribution in [0.3, 0.4) is 0 Å². The number of nitrogens with zero attached hydrogens (tertiary/aromatic N) is 2. The van der Waals surface area contributed by atoms with Gasteiger partial charge in [-0.1, -0.05) is 50.1 Å². The van der Waals surface area contributed by atoms with Gasteiger partial charge in [0.05, 0.1) is 23.5 Å². The summed E-state index contributed by atoms with van der Waals surface area (Å²) in [5, 5.41) is 19.4. The van der Waals surface area contributed by atoms with E-state index >= 15 is 0 Å². The van der Waals surface area contributed by atoms with Crippen LogP contribution in [0.1, 0.15) is 38.4 Å². The minimum atomic E-state index is -1.29. The lowest BCUT2D eigenvalue weighted by Gasteiger charge is -2.21. The Balaban J connectivity index is 1.39. The number of nitriles is 1. The van der Waals surface area contributed by atoms with E-state index in [1.807, 2.05) is 18.2 Å². The number of aromatic nitrogens is 1. The predicted molar refractivity (Wildman–Crippen MR) is 161 cm³/mol. The van der Waals surface area contributed by atoms with E-state index in [9.17, 15) is 9.90 Å². The van der Waals surface area contributed by atoms with Gasteiger partial charge in [-0.2, -0.15) is 5.26 Å². The fraction of sp³-hybridized carbons (Fsp3) is 0.176. The minimum Gasteiger partial charge on any atom is -0.494 e. The highest BCUT2D eigenvalue weighted by molar-refractivity contribution is 7.99. The van der Waals surface area contributed by atoms with Gasteiger partial charge < -0.3 is 18.8 Å². The molecule has 1 aliphatic heterocycles. The molecule has 0 amide bonds. The second kappa shape index (κ2) is 11.4. The summed E-state index contributed by atoms with van der Waals surface area (Å²) in [5.41, 5.74) is 4.96. The van der Waals surface area contributed by atoms with Gasteiger partial charge in [-0.05, 0) is 78.7 Å². The van der Waals surface area contributed by atoms with Crippen molar-refractivity contribution in [3.05, 3.63) is 90.2 Å². The smallest absolute Gasteiger partial charge is 0.346 e. The predicted octanol–water partition coefficient (Wildman–Crippen LogP) is 8.97. The zero-order chi connectivity index (χ0) is 28.3. The number of benzene rings is 3. The maximum absolute atomic E-state index is 11.3. The standard InChI is InChI=1S/C34H28N2O4S/c1-2-3-4-7-16-39-26-12-10-22(11-13-26)29-19-24-17-23(30-15-14-27(40-30)18-25(21-35)34(37)38)20-32-33(24)36(29)28-8-5-6-9-31(28)41-32/h5-6,8-15,17-20H,2-4,7,16H2,1H3,(H,37,38)/b25-18-. The molecule has 6 rings (SSSR count). The summed E-state index contributed by atoms with van der Waals surface area (Å²) in [5.74, 6) is 0.513. The van der Waals surface area contributed by atoms with E-state index in [1.54, 1.807) is 30.0 Å². The van der Waals surface area contributed by atoms with Crippen molar-refractivity contribution in [3.63, 3.8) is 0 Å². The Labute approximate surface area is 242 Å². The highest BCUT2D eigenvalue weighted by atomic mass is 32.2. The maximum Gasteiger partial charge on any atom is 0.346 e. The van der Waals surface area contributed by atoms with Crippen molar-refractivity contribution < 1.29 is 19.1 Å². The van der Waals surface area contributed by atoms with Crippen LogP contribution in [0.5, 0.6) is 5.75 Å². The Hall–Kier alpha value is -4.67. The first-order valence-corrected chi connectivity index (χ1v) is 14.5. The van der Waals surface area contributed by atoms with Crippen LogP contribution in [0.15, 0.2) is 98.6 Å². The van der Waals surface area contributed by atoms with E-state index in [4.69, 9.17) is 14.4 Å². The lowest BCUT2D eigenvalue weighted by atomic mass is 10.1. The zero-order valence-electron chi connectivity index (χ0n) is 22.6. The van der Waals surface area contributed by atoms with E-state index in [1.165, 1.54) is 25.3 Å². The van der Waals surface area contributed by atoms with Crippen molar-refractivity contribution >= 4 is 34.7 Å². The molecule has 3 aromatic carbocycles. The lowest BCUT2D eigenvalue weighted by Crippen LogP contribution is -2.03. The summed E-state index contributed by atoms with van der Waals surface area (Å²) in [6, 6.07) is 28.3. The molecule has 5 aromatic rings. The molecule has 0 fully saturated rings. The summed E-state index contributed by atoms with van der Waals surface area (Å²) in [6.07, 6.45) is 5.95. The Kier molecular flexibility index (Phi) is 7.41.